The molecule has 1 aromatic heterocycles. The maximum atomic E-state index is 13.0. The number of hydrogen-bond donors (Lipinski definition) is 1. The zero-order valence-corrected chi connectivity index (χ0v) is 17.5. The Morgan fingerprint density at radius 3 is 2.57 bits per heavy atom. The molecule has 1 saturated heterocycles. The molecule has 1 fully saturated rings. The van der Waals surface area contributed by atoms with Crippen LogP contribution < -0.4 is 4.90 Å². The number of rotatable bonds is 3. The number of aryl methyl sites for hydroxylation is 1. The number of nitrogens with zero attached hydrogens (tertiary/aromatic N) is 4. The molecule has 30 heavy (non-hydrogen) atoms. The van der Waals surface area contributed by atoms with Gasteiger partial charge in [-0.2, -0.15) is 13.2 Å². The Labute approximate surface area is 174 Å². The van der Waals surface area contributed by atoms with E-state index in [1.807, 2.05) is 6.07 Å². The molecule has 0 spiro atoms. The standard InChI is InChI=1S/C22H27F3N4O/c1-13(2)28-7-4-5-17(12-28)29-8-6-15-10-18(26-27-21(15)29)20-14(3)9-16(11-19(20)30)22(23,24)25/h9-11,13,17,30H,4-8,12H2,1-3H3/t17-/m1/s1. The summed E-state index contributed by atoms with van der Waals surface area (Å²) in [6.45, 7) is 8.96. The fourth-order valence-electron chi connectivity index (χ4n) is 4.65. The van der Waals surface area contributed by atoms with Crippen LogP contribution in [-0.2, 0) is 12.6 Å². The minimum absolute atomic E-state index is 0.306. The lowest BCUT2D eigenvalue weighted by atomic mass is 9.99. The largest absolute Gasteiger partial charge is 0.507 e. The highest BCUT2D eigenvalue weighted by Gasteiger charge is 2.34. The van der Waals surface area contributed by atoms with Crippen molar-refractivity contribution in [2.45, 2.75) is 58.3 Å². The summed E-state index contributed by atoms with van der Waals surface area (Å²) in [5.41, 5.74) is 1.20. The molecule has 0 unspecified atom stereocenters. The Morgan fingerprint density at radius 1 is 1.13 bits per heavy atom. The summed E-state index contributed by atoms with van der Waals surface area (Å²) in [6, 6.07) is 4.56. The van der Waals surface area contributed by atoms with Crippen molar-refractivity contribution >= 4 is 5.82 Å². The minimum Gasteiger partial charge on any atom is -0.507 e. The molecule has 2 aromatic rings. The van der Waals surface area contributed by atoms with Gasteiger partial charge in [0.15, 0.2) is 5.82 Å². The highest BCUT2D eigenvalue weighted by atomic mass is 19.4. The van der Waals surface area contributed by atoms with Crippen LogP contribution in [0.15, 0.2) is 18.2 Å². The Balaban J connectivity index is 1.62. The van der Waals surface area contributed by atoms with Crippen LogP contribution in [0.2, 0.25) is 0 Å². The summed E-state index contributed by atoms with van der Waals surface area (Å²) in [6.07, 6.45) is -1.42. The first-order chi connectivity index (χ1) is 14.1. The third-order valence-corrected chi connectivity index (χ3v) is 6.24. The Kier molecular flexibility index (Phi) is 5.38. The summed E-state index contributed by atoms with van der Waals surface area (Å²) in [7, 11) is 0. The highest BCUT2D eigenvalue weighted by molar-refractivity contribution is 5.73. The Bertz CT molecular complexity index is 921. The topological polar surface area (TPSA) is 52.5 Å². The molecule has 5 nitrogen and oxygen atoms in total. The number of phenols is 1. The molecule has 0 radical (unpaired) electrons. The van der Waals surface area contributed by atoms with Gasteiger partial charge in [0.2, 0.25) is 0 Å². The van der Waals surface area contributed by atoms with Crippen molar-refractivity contribution in [2.75, 3.05) is 24.5 Å². The number of halogens is 3. The van der Waals surface area contributed by atoms with E-state index in [9.17, 15) is 18.3 Å². The molecular weight excluding hydrogens is 393 g/mol. The highest BCUT2D eigenvalue weighted by Crippen LogP contribution is 2.40. The van der Waals surface area contributed by atoms with Crippen molar-refractivity contribution < 1.29 is 18.3 Å². The molecule has 3 heterocycles. The van der Waals surface area contributed by atoms with Crippen LogP contribution in [-0.4, -0.2) is 51.9 Å². The number of aromatic hydroxyl groups is 1. The van der Waals surface area contributed by atoms with Crippen molar-refractivity contribution in [3.05, 3.63) is 34.9 Å². The summed E-state index contributed by atoms with van der Waals surface area (Å²) >= 11 is 0. The van der Waals surface area contributed by atoms with Crippen molar-refractivity contribution in [2.24, 2.45) is 0 Å². The predicted octanol–water partition coefficient (Wildman–Crippen LogP) is 4.41. The lowest BCUT2D eigenvalue weighted by molar-refractivity contribution is -0.137. The summed E-state index contributed by atoms with van der Waals surface area (Å²) in [5, 5.41) is 19.0. The number of phenolic OH excluding ortho intramolecular Hbond substituents is 1. The molecule has 8 heteroatoms. The van der Waals surface area contributed by atoms with Gasteiger partial charge in [0, 0.05) is 36.3 Å². The van der Waals surface area contributed by atoms with Gasteiger partial charge in [0.25, 0.3) is 0 Å². The van der Waals surface area contributed by atoms with Crippen LogP contribution in [0.5, 0.6) is 5.75 Å². The van der Waals surface area contributed by atoms with Gasteiger partial charge in [-0.25, -0.2) is 0 Å². The summed E-state index contributed by atoms with van der Waals surface area (Å²) in [5.74, 6) is 0.435. The number of hydrogen-bond acceptors (Lipinski definition) is 5. The van der Waals surface area contributed by atoms with Crippen molar-refractivity contribution in [1.29, 1.82) is 0 Å². The van der Waals surface area contributed by atoms with Gasteiger partial charge >= 0.3 is 6.18 Å². The first-order valence-electron chi connectivity index (χ1n) is 10.4. The van der Waals surface area contributed by atoms with E-state index in [-0.39, 0.29) is 0 Å². The van der Waals surface area contributed by atoms with E-state index in [0.717, 1.165) is 62.4 Å². The van der Waals surface area contributed by atoms with Crippen LogP contribution in [0.25, 0.3) is 11.3 Å². The number of alkyl halides is 3. The third-order valence-electron chi connectivity index (χ3n) is 6.24. The van der Waals surface area contributed by atoms with E-state index >= 15 is 0 Å². The third kappa shape index (κ3) is 3.85. The Morgan fingerprint density at radius 2 is 1.90 bits per heavy atom. The lowest BCUT2D eigenvalue weighted by Gasteiger charge is -2.40. The van der Waals surface area contributed by atoms with Gasteiger partial charge in [0.05, 0.1) is 11.3 Å². The molecule has 1 N–H and O–H groups in total. The van der Waals surface area contributed by atoms with Gasteiger partial charge in [-0.15, -0.1) is 10.2 Å². The SMILES string of the molecule is Cc1cc(C(F)(F)F)cc(O)c1-c1cc2c(nn1)N([C@@H]1CCCN(C(C)C)C1)CC2. The van der Waals surface area contributed by atoms with Crippen LogP contribution in [0.4, 0.5) is 19.0 Å². The quantitative estimate of drug-likeness (QED) is 0.797. The van der Waals surface area contributed by atoms with Gasteiger partial charge in [-0.3, -0.25) is 4.90 Å². The van der Waals surface area contributed by atoms with E-state index < -0.39 is 17.5 Å². The average molecular weight is 420 g/mol. The zero-order valence-electron chi connectivity index (χ0n) is 17.5. The van der Waals surface area contributed by atoms with Crippen molar-refractivity contribution in [3.8, 4) is 17.0 Å². The van der Waals surface area contributed by atoms with Crippen LogP contribution >= 0.6 is 0 Å². The second-order valence-electron chi connectivity index (χ2n) is 8.59. The van der Waals surface area contributed by atoms with Gasteiger partial charge in [0.1, 0.15) is 5.75 Å². The average Bonchev–Trinajstić information content (AvgIpc) is 3.10. The van der Waals surface area contributed by atoms with Gasteiger partial charge in [-0.1, -0.05) is 0 Å². The lowest BCUT2D eigenvalue weighted by Crippen LogP contribution is -2.49. The number of piperidine rings is 1. The molecule has 162 valence electrons. The fourth-order valence-corrected chi connectivity index (χ4v) is 4.65. The number of anilines is 1. The van der Waals surface area contributed by atoms with Crippen LogP contribution in [0.3, 0.4) is 0 Å². The molecule has 1 atom stereocenters. The number of likely N-dealkylation sites (tertiary alicyclic amines) is 1. The molecule has 1 aromatic carbocycles. The van der Waals surface area contributed by atoms with Gasteiger partial charge in [-0.05, 0) is 70.3 Å². The van der Waals surface area contributed by atoms with E-state index in [4.69, 9.17) is 0 Å². The number of benzene rings is 1. The molecule has 2 aliphatic heterocycles. The smallest absolute Gasteiger partial charge is 0.416 e. The number of fused-ring (bicyclic) bond motifs is 1. The van der Waals surface area contributed by atoms with Crippen LogP contribution in [0.1, 0.15) is 43.4 Å². The van der Waals surface area contributed by atoms with Crippen molar-refractivity contribution in [3.63, 3.8) is 0 Å². The van der Waals surface area contributed by atoms with E-state index in [0.29, 0.717) is 28.9 Å². The maximum absolute atomic E-state index is 13.0. The molecule has 0 amide bonds. The van der Waals surface area contributed by atoms with Crippen LogP contribution in [0, 0.1) is 6.92 Å². The first-order valence-corrected chi connectivity index (χ1v) is 10.4. The summed E-state index contributed by atoms with van der Waals surface area (Å²) in [4.78, 5) is 4.80. The molecule has 0 aliphatic carbocycles. The fraction of sp³-hybridized carbons (Fsp3) is 0.545. The number of aromatic nitrogens is 2. The minimum atomic E-state index is -4.51. The Hall–Kier alpha value is -2.35. The van der Waals surface area contributed by atoms with Gasteiger partial charge < -0.3 is 10.0 Å². The van der Waals surface area contributed by atoms with E-state index in [1.54, 1.807) is 6.92 Å². The van der Waals surface area contributed by atoms with Crippen molar-refractivity contribution in [1.82, 2.24) is 15.1 Å². The molecule has 4 rings (SSSR count). The second kappa shape index (κ2) is 7.72. The normalized spacial score (nSPS) is 20.1. The molecular formula is C22H27F3N4O. The van der Waals surface area contributed by atoms with E-state index in [1.165, 1.54) is 0 Å². The summed E-state index contributed by atoms with van der Waals surface area (Å²) < 4.78 is 39.0. The second-order valence-corrected chi connectivity index (χ2v) is 8.59. The maximum Gasteiger partial charge on any atom is 0.416 e. The first kappa shape index (κ1) is 20.9. The molecule has 0 bridgehead atoms. The molecule has 2 aliphatic rings. The molecule has 0 saturated carbocycles. The predicted molar refractivity (Wildman–Crippen MR) is 110 cm³/mol. The zero-order chi connectivity index (χ0) is 21.6. The van der Waals surface area contributed by atoms with E-state index in [2.05, 4.69) is 33.8 Å². The monoisotopic (exact) mass is 420 g/mol.